The first-order chi connectivity index (χ1) is 14.4. The Labute approximate surface area is 175 Å². The van der Waals surface area contributed by atoms with E-state index < -0.39 is 0 Å². The molecule has 1 aliphatic heterocycles. The summed E-state index contributed by atoms with van der Waals surface area (Å²) in [7, 11) is 0. The number of piperidine rings is 1. The molecular formula is C26H30N3+. The Bertz CT molecular complexity index is 786. The summed E-state index contributed by atoms with van der Waals surface area (Å²) >= 11 is 0. The molecule has 4 rings (SSSR count). The van der Waals surface area contributed by atoms with Gasteiger partial charge in [-0.1, -0.05) is 60.7 Å². The van der Waals surface area contributed by atoms with E-state index in [9.17, 15) is 0 Å². The van der Waals surface area contributed by atoms with E-state index in [-0.39, 0.29) is 0 Å². The molecule has 0 saturated carbocycles. The highest BCUT2D eigenvalue weighted by Crippen LogP contribution is 2.25. The first kappa shape index (κ1) is 19.5. The first-order valence-corrected chi connectivity index (χ1v) is 10.7. The highest BCUT2D eigenvalue weighted by molar-refractivity contribution is 5.43. The summed E-state index contributed by atoms with van der Waals surface area (Å²) in [4.78, 5) is 9.09. The van der Waals surface area contributed by atoms with E-state index in [1.54, 1.807) is 0 Å². The predicted octanol–water partition coefficient (Wildman–Crippen LogP) is 4.40. The predicted molar refractivity (Wildman–Crippen MR) is 117 cm³/mol. The number of anilines is 1. The largest absolute Gasteiger partial charge is 0.371 e. The Morgan fingerprint density at radius 2 is 1.48 bits per heavy atom. The van der Waals surface area contributed by atoms with Gasteiger partial charge in [-0.2, -0.15) is 0 Å². The van der Waals surface area contributed by atoms with Crippen molar-refractivity contribution in [2.75, 3.05) is 24.5 Å². The maximum Gasteiger partial charge on any atom is 0.313 e. The molecule has 148 valence electrons. The van der Waals surface area contributed by atoms with Crippen LogP contribution in [0.3, 0.4) is 0 Å². The SMILES string of the molecule is c1cc(N2CCC(CCN(Cc3ccccc3)Cc3ccccc3)CC2)cc[n+]#1. The lowest BCUT2D eigenvalue weighted by molar-refractivity contribution is -0.293. The van der Waals surface area contributed by atoms with Gasteiger partial charge in [-0.05, 0) is 47.8 Å². The van der Waals surface area contributed by atoms with Crippen molar-refractivity contribution in [3.05, 3.63) is 96.3 Å². The Balaban J connectivity index is 1.32. The van der Waals surface area contributed by atoms with Crippen LogP contribution < -0.4 is 9.88 Å². The number of aromatic nitrogens is 1. The maximum absolute atomic E-state index is 4.02. The van der Waals surface area contributed by atoms with E-state index in [0.29, 0.717) is 0 Å². The molecule has 0 aliphatic carbocycles. The summed E-state index contributed by atoms with van der Waals surface area (Å²) < 4.78 is 0. The summed E-state index contributed by atoms with van der Waals surface area (Å²) in [6, 6.07) is 25.8. The van der Waals surface area contributed by atoms with Gasteiger partial charge in [0.1, 0.15) is 0 Å². The van der Waals surface area contributed by atoms with Gasteiger partial charge in [-0.3, -0.25) is 4.90 Å². The Hall–Kier alpha value is -2.83. The van der Waals surface area contributed by atoms with Crippen molar-refractivity contribution < 1.29 is 4.98 Å². The van der Waals surface area contributed by atoms with Crippen LogP contribution in [0.1, 0.15) is 30.4 Å². The Morgan fingerprint density at radius 1 is 0.862 bits per heavy atom. The van der Waals surface area contributed by atoms with Crippen LogP contribution in [0.25, 0.3) is 0 Å². The van der Waals surface area contributed by atoms with Crippen LogP contribution in [0.4, 0.5) is 5.69 Å². The Kier molecular flexibility index (Phi) is 6.78. The van der Waals surface area contributed by atoms with Crippen LogP contribution in [0.15, 0.2) is 79.0 Å². The van der Waals surface area contributed by atoms with Crippen LogP contribution in [-0.2, 0) is 13.1 Å². The molecule has 1 saturated heterocycles. The zero-order chi connectivity index (χ0) is 19.7. The molecule has 2 heterocycles. The van der Waals surface area contributed by atoms with E-state index in [1.807, 2.05) is 12.3 Å². The lowest BCUT2D eigenvalue weighted by Crippen LogP contribution is -2.35. The first-order valence-electron chi connectivity index (χ1n) is 10.7. The highest BCUT2D eigenvalue weighted by Gasteiger charge is 2.21. The fourth-order valence-electron chi connectivity index (χ4n) is 4.25. The molecule has 3 nitrogen and oxygen atoms in total. The second kappa shape index (κ2) is 10.1. The van der Waals surface area contributed by atoms with Gasteiger partial charge in [-0.25, -0.2) is 0 Å². The molecule has 0 spiro atoms. The van der Waals surface area contributed by atoms with E-state index in [4.69, 9.17) is 0 Å². The standard InChI is InChI=1S/C26H30N3/c1-3-7-24(8-4-1)21-28(22-25-9-5-2-6-10-25)18-13-23-14-19-29(20-15-23)26-11-16-27-17-12-26/h1-12,16,23H,13-15,18-22H2/q+1. The van der Waals surface area contributed by atoms with Gasteiger partial charge < -0.3 is 4.90 Å². The third-order valence-corrected chi connectivity index (χ3v) is 5.94. The van der Waals surface area contributed by atoms with Crippen molar-refractivity contribution in [3.8, 4) is 0 Å². The van der Waals surface area contributed by atoms with E-state index in [0.717, 1.165) is 38.6 Å². The summed E-state index contributed by atoms with van der Waals surface area (Å²) in [5, 5.41) is 0. The van der Waals surface area contributed by atoms with Crippen molar-refractivity contribution in [2.24, 2.45) is 5.92 Å². The van der Waals surface area contributed by atoms with Crippen molar-refractivity contribution in [1.82, 2.24) is 4.90 Å². The maximum atomic E-state index is 4.02. The minimum atomic E-state index is 0.811. The fourth-order valence-corrected chi connectivity index (χ4v) is 4.25. The second-order valence-corrected chi connectivity index (χ2v) is 8.04. The number of rotatable bonds is 8. The minimum absolute atomic E-state index is 0.811. The minimum Gasteiger partial charge on any atom is -0.371 e. The average molecular weight is 385 g/mol. The monoisotopic (exact) mass is 384 g/mol. The van der Waals surface area contributed by atoms with Gasteiger partial charge in [0, 0.05) is 32.2 Å². The number of hydrogen-bond acceptors (Lipinski definition) is 2. The van der Waals surface area contributed by atoms with E-state index >= 15 is 0 Å². The molecule has 3 heteroatoms. The van der Waals surface area contributed by atoms with Crippen LogP contribution >= 0.6 is 0 Å². The van der Waals surface area contributed by atoms with Gasteiger partial charge in [0.15, 0.2) is 0 Å². The molecule has 1 fully saturated rings. The molecule has 0 amide bonds. The van der Waals surface area contributed by atoms with Crippen molar-refractivity contribution in [3.63, 3.8) is 0 Å². The summed E-state index contributed by atoms with van der Waals surface area (Å²) in [5.74, 6) is 0.811. The van der Waals surface area contributed by atoms with Gasteiger partial charge in [0.2, 0.25) is 0 Å². The smallest absolute Gasteiger partial charge is 0.313 e. The van der Waals surface area contributed by atoms with Crippen LogP contribution in [-0.4, -0.2) is 24.5 Å². The zero-order valence-electron chi connectivity index (χ0n) is 17.1. The molecule has 1 aliphatic rings. The number of nitrogens with zero attached hydrogens (tertiary/aromatic N) is 3. The zero-order valence-corrected chi connectivity index (χ0v) is 17.1. The number of benzene rings is 2. The molecule has 0 radical (unpaired) electrons. The fraction of sp³-hybridized carbons (Fsp3) is 0.346. The topological polar surface area (TPSA) is 20.6 Å². The second-order valence-electron chi connectivity index (χ2n) is 8.04. The van der Waals surface area contributed by atoms with Crippen LogP contribution in [0, 0.1) is 12.1 Å². The average Bonchev–Trinajstić information content (AvgIpc) is 2.80. The number of hydrogen-bond donors (Lipinski definition) is 0. The van der Waals surface area contributed by atoms with E-state index in [1.165, 1.54) is 36.1 Å². The molecule has 3 aromatic rings. The Morgan fingerprint density at radius 3 is 2.03 bits per heavy atom. The van der Waals surface area contributed by atoms with Gasteiger partial charge in [0.25, 0.3) is 0 Å². The lowest BCUT2D eigenvalue weighted by atomic mass is 9.93. The van der Waals surface area contributed by atoms with Gasteiger partial charge in [-0.15, -0.1) is 0 Å². The van der Waals surface area contributed by atoms with Crippen LogP contribution in [0.2, 0.25) is 0 Å². The molecular weight excluding hydrogens is 354 g/mol. The summed E-state index contributed by atoms with van der Waals surface area (Å²) in [6.07, 6.45) is 8.61. The molecule has 1 aromatic heterocycles. The molecule has 0 atom stereocenters. The third-order valence-electron chi connectivity index (χ3n) is 5.94. The van der Waals surface area contributed by atoms with E-state index in [2.05, 4.69) is 87.7 Å². The summed E-state index contributed by atoms with van der Waals surface area (Å²) in [6.45, 7) is 5.46. The van der Waals surface area contributed by atoms with Crippen molar-refractivity contribution >= 4 is 5.69 Å². The third kappa shape index (κ3) is 5.82. The molecule has 0 N–H and O–H groups in total. The quantitative estimate of drug-likeness (QED) is 0.574. The molecule has 2 aromatic carbocycles. The normalized spacial score (nSPS) is 14.7. The van der Waals surface area contributed by atoms with Crippen molar-refractivity contribution in [1.29, 1.82) is 0 Å². The molecule has 29 heavy (non-hydrogen) atoms. The van der Waals surface area contributed by atoms with Gasteiger partial charge in [0.05, 0.1) is 11.8 Å². The summed E-state index contributed by atoms with van der Waals surface area (Å²) in [5.41, 5.74) is 4.05. The van der Waals surface area contributed by atoms with Crippen molar-refractivity contribution in [2.45, 2.75) is 32.4 Å². The molecule has 0 bridgehead atoms. The van der Waals surface area contributed by atoms with Gasteiger partial charge >= 0.3 is 12.4 Å². The molecule has 0 unspecified atom stereocenters. The highest BCUT2D eigenvalue weighted by atomic mass is 15.1. The lowest BCUT2D eigenvalue weighted by Gasteiger charge is -2.34. The van der Waals surface area contributed by atoms with Crippen LogP contribution in [0.5, 0.6) is 0 Å².